The summed E-state index contributed by atoms with van der Waals surface area (Å²) in [7, 11) is 0. The Bertz CT molecular complexity index is 552. The van der Waals surface area contributed by atoms with Gasteiger partial charge in [-0.1, -0.05) is 34.1 Å². The van der Waals surface area contributed by atoms with Crippen molar-refractivity contribution in [2.45, 2.75) is 0 Å². The van der Waals surface area contributed by atoms with Crippen molar-refractivity contribution >= 4 is 32.7 Å². The van der Waals surface area contributed by atoms with Crippen molar-refractivity contribution in [1.29, 1.82) is 0 Å². The molecular weight excluding hydrogens is 263 g/mol. The van der Waals surface area contributed by atoms with Crippen LogP contribution in [-0.4, -0.2) is 11.1 Å². The van der Waals surface area contributed by atoms with Crippen molar-refractivity contribution in [1.82, 2.24) is 0 Å². The molecule has 0 aliphatic rings. The lowest BCUT2D eigenvalue weighted by Gasteiger charge is -2.04. The molecule has 2 aromatic carbocycles. The smallest absolute Gasteiger partial charge is 0.338 e. The number of rotatable bonds is 1. The van der Waals surface area contributed by atoms with Gasteiger partial charge in [-0.25, -0.2) is 9.18 Å². The Morgan fingerprint density at radius 1 is 1.20 bits per heavy atom. The molecule has 2 nitrogen and oxygen atoms in total. The van der Waals surface area contributed by atoms with E-state index < -0.39 is 11.8 Å². The summed E-state index contributed by atoms with van der Waals surface area (Å²) < 4.78 is 14.4. The van der Waals surface area contributed by atoms with E-state index in [1.54, 1.807) is 24.3 Å². The predicted octanol–water partition coefficient (Wildman–Crippen LogP) is 3.44. The van der Waals surface area contributed by atoms with Crippen molar-refractivity contribution < 1.29 is 14.3 Å². The van der Waals surface area contributed by atoms with Crippen molar-refractivity contribution in [3.63, 3.8) is 0 Å². The molecule has 0 saturated heterocycles. The van der Waals surface area contributed by atoms with E-state index in [1.807, 2.05) is 0 Å². The highest BCUT2D eigenvalue weighted by atomic mass is 79.9. The number of fused-ring (bicyclic) bond motifs is 1. The summed E-state index contributed by atoms with van der Waals surface area (Å²) in [6, 6.07) is 7.86. The second-order valence-electron chi connectivity index (χ2n) is 3.07. The largest absolute Gasteiger partial charge is 0.478 e. The summed E-state index contributed by atoms with van der Waals surface area (Å²) >= 11 is 3.28. The van der Waals surface area contributed by atoms with Gasteiger partial charge in [0.05, 0.1) is 5.56 Å². The van der Waals surface area contributed by atoms with Crippen LogP contribution in [-0.2, 0) is 0 Å². The lowest BCUT2D eigenvalue weighted by Crippen LogP contribution is -2.00. The van der Waals surface area contributed by atoms with Crippen LogP contribution in [0.1, 0.15) is 10.4 Å². The normalized spacial score (nSPS) is 10.5. The van der Waals surface area contributed by atoms with Crippen molar-refractivity contribution in [2.24, 2.45) is 0 Å². The SMILES string of the molecule is O=C(O)c1ccc2c(Br)cccc2c1F. The van der Waals surface area contributed by atoms with Gasteiger partial charge in [-0.2, -0.15) is 0 Å². The van der Waals surface area contributed by atoms with Gasteiger partial charge in [0.2, 0.25) is 0 Å². The van der Waals surface area contributed by atoms with Gasteiger partial charge in [0.25, 0.3) is 0 Å². The van der Waals surface area contributed by atoms with E-state index in [2.05, 4.69) is 15.9 Å². The summed E-state index contributed by atoms with van der Waals surface area (Å²) in [4.78, 5) is 10.7. The van der Waals surface area contributed by atoms with Crippen molar-refractivity contribution in [2.75, 3.05) is 0 Å². The molecule has 0 aliphatic carbocycles. The highest BCUT2D eigenvalue weighted by Gasteiger charge is 2.13. The maximum Gasteiger partial charge on any atom is 0.338 e. The highest BCUT2D eigenvalue weighted by molar-refractivity contribution is 9.10. The van der Waals surface area contributed by atoms with Gasteiger partial charge in [0, 0.05) is 9.86 Å². The fourth-order valence-corrected chi connectivity index (χ4v) is 1.95. The van der Waals surface area contributed by atoms with Gasteiger partial charge in [0.1, 0.15) is 5.82 Å². The number of hydrogen-bond donors (Lipinski definition) is 1. The summed E-state index contributed by atoms with van der Waals surface area (Å²) in [6.07, 6.45) is 0. The third-order valence-electron chi connectivity index (χ3n) is 2.17. The monoisotopic (exact) mass is 268 g/mol. The maximum atomic E-state index is 13.7. The molecule has 0 fully saturated rings. The van der Waals surface area contributed by atoms with Crippen LogP contribution in [0.2, 0.25) is 0 Å². The summed E-state index contributed by atoms with van der Waals surface area (Å²) in [5.41, 5.74) is -0.305. The molecular formula is C11H6BrFO2. The van der Waals surface area contributed by atoms with Crippen LogP contribution in [0.4, 0.5) is 4.39 Å². The molecule has 0 spiro atoms. The van der Waals surface area contributed by atoms with Gasteiger partial charge in [-0.15, -0.1) is 0 Å². The Labute approximate surface area is 93.5 Å². The Hall–Kier alpha value is -1.42. The molecule has 4 heteroatoms. The zero-order valence-electron chi connectivity index (χ0n) is 7.50. The summed E-state index contributed by atoms with van der Waals surface area (Å²) in [6.45, 7) is 0. The zero-order valence-corrected chi connectivity index (χ0v) is 9.08. The highest BCUT2D eigenvalue weighted by Crippen LogP contribution is 2.27. The number of carbonyl (C=O) groups is 1. The van der Waals surface area contributed by atoms with E-state index in [0.29, 0.717) is 10.8 Å². The van der Waals surface area contributed by atoms with Gasteiger partial charge >= 0.3 is 5.97 Å². The van der Waals surface area contributed by atoms with Gasteiger partial charge < -0.3 is 5.11 Å². The van der Waals surface area contributed by atoms with Gasteiger partial charge in [-0.3, -0.25) is 0 Å². The maximum absolute atomic E-state index is 13.7. The molecule has 0 saturated carbocycles. The molecule has 76 valence electrons. The zero-order chi connectivity index (χ0) is 11.0. The van der Waals surface area contributed by atoms with E-state index in [9.17, 15) is 9.18 Å². The molecule has 1 N–H and O–H groups in total. The second-order valence-corrected chi connectivity index (χ2v) is 3.92. The molecule has 0 bridgehead atoms. The van der Waals surface area contributed by atoms with E-state index in [4.69, 9.17) is 5.11 Å². The van der Waals surface area contributed by atoms with E-state index in [-0.39, 0.29) is 5.56 Å². The first kappa shape index (κ1) is 10.1. The molecule has 0 aromatic heterocycles. The van der Waals surface area contributed by atoms with Crippen LogP contribution in [0, 0.1) is 5.82 Å². The molecule has 0 heterocycles. The topological polar surface area (TPSA) is 37.3 Å². The van der Waals surface area contributed by atoms with Crippen LogP contribution in [0.15, 0.2) is 34.8 Å². The number of carboxylic acid groups (broad SMARTS) is 1. The molecule has 0 amide bonds. The Morgan fingerprint density at radius 2 is 1.93 bits per heavy atom. The lowest BCUT2D eigenvalue weighted by molar-refractivity contribution is 0.0692. The number of carboxylic acids is 1. The molecule has 15 heavy (non-hydrogen) atoms. The molecule has 0 aliphatic heterocycles. The first-order valence-corrected chi connectivity index (χ1v) is 5.00. The van der Waals surface area contributed by atoms with Crippen LogP contribution in [0.3, 0.4) is 0 Å². The molecule has 0 radical (unpaired) electrons. The summed E-state index contributed by atoms with van der Waals surface area (Å²) in [5, 5.41) is 9.72. The predicted molar refractivity (Wildman–Crippen MR) is 58.6 cm³/mol. The van der Waals surface area contributed by atoms with E-state index in [1.165, 1.54) is 6.07 Å². The minimum Gasteiger partial charge on any atom is -0.478 e. The number of aromatic carboxylic acids is 1. The molecule has 2 rings (SSSR count). The van der Waals surface area contributed by atoms with Crippen LogP contribution < -0.4 is 0 Å². The quantitative estimate of drug-likeness (QED) is 0.861. The van der Waals surface area contributed by atoms with E-state index >= 15 is 0 Å². The molecule has 0 atom stereocenters. The standard InChI is InChI=1S/C11H6BrFO2/c12-9-3-1-2-7-6(9)4-5-8(10(7)13)11(14)15/h1-5H,(H,14,15). The lowest BCUT2D eigenvalue weighted by atomic mass is 10.1. The average Bonchev–Trinajstić information content (AvgIpc) is 2.19. The number of benzene rings is 2. The minimum atomic E-state index is -1.26. The minimum absolute atomic E-state index is 0.305. The molecule has 0 unspecified atom stereocenters. The third kappa shape index (κ3) is 1.61. The van der Waals surface area contributed by atoms with Crippen molar-refractivity contribution in [3.05, 3.63) is 46.2 Å². The van der Waals surface area contributed by atoms with Gasteiger partial charge in [-0.05, 0) is 17.5 Å². The first-order chi connectivity index (χ1) is 7.11. The average molecular weight is 269 g/mol. The summed E-state index contributed by atoms with van der Waals surface area (Å²) in [5.74, 6) is -1.95. The van der Waals surface area contributed by atoms with Crippen LogP contribution >= 0.6 is 15.9 Å². The Morgan fingerprint density at radius 3 is 2.60 bits per heavy atom. The van der Waals surface area contributed by atoms with E-state index in [0.717, 1.165) is 4.47 Å². The number of halogens is 2. The van der Waals surface area contributed by atoms with Crippen molar-refractivity contribution in [3.8, 4) is 0 Å². The number of hydrogen-bond acceptors (Lipinski definition) is 1. The Balaban J connectivity index is 2.86. The molecule has 2 aromatic rings. The Kier molecular flexibility index (Phi) is 2.44. The first-order valence-electron chi connectivity index (χ1n) is 4.21. The van der Waals surface area contributed by atoms with Gasteiger partial charge in [0.15, 0.2) is 0 Å². The fraction of sp³-hybridized carbons (Fsp3) is 0. The van der Waals surface area contributed by atoms with Crippen LogP contribution in [0.25, 0.3) is 10.8 Å². The van der Waals surface area contributed by atoms with Crippen LogP contribution in [0.5, 0.6) is 0 Å². The third-order valence-corrected chi connectivity index (χ3v) is 2.86. The second kappa shape index (κ2) is 3.62. The fourth-order valence-electron chi connectivity index (χ4n) is 1.45.